The Morgan fingerprint density at radius 1 is 1.17 bits per heavy atom. The average molecular weight is 170 g/mol. The van der Waals surface area contributed by atoms with Gasteiger partial charge in [0.2, 0.25) is 0 Å². The van der Waals surface area contributed by atoms with Crippen molar-refractivity contribution in [1.82, 2.24) is 0 Å². The molecule has 0 amide bonds. The van der Waals surface area contributed by atoms with E-state index in [4.69, 9.17) is 0 Å². The van der Waals surface area contributed by atoms with E-state index in [1.54, 1.807) is 0 Å². The summed E-state index contributed by atoms with van der Waals surface area (Å²) in [5.74, 6) is 0.303. The maximum Gasteiger partial charge on any atom is 0.0860 e. The van der Waals surface area contributed by atoms with Gasteiger partial charge in [0.15, 0.2) is 0 Å². The van der Waals surface area contributed by atoms with Crippen LogP contribution in [0.4, 0.5) is 0 Å². The van der Waals surface area contributed by atoms with E-state index in [0.29, 0.717) is 5.92 Å². The molecule has 2 saturated carbocycles. The van der Waals surface area contributed by atoms with Crippen LogP contribution in [0, 0.1) is 16.7 Å². The Kier molecular flexibility index (Phi) is 1.45. The lowest BCUT2D eigenvalue weighted by Crippen LogP contribution is -2.39. The van der Waals surface area contributed by atoms with Gasteiger partial charge in [-0.25, -0.2) is 0 Å². The van der Waals surface area contributed by atoms with Crippen LogP contribution in [-0.4, -0.2) is 22.4 Å². The summed E-state index contributed by atoms with van der Waals surface area (Å²) in [5.41, 5.74) is 0.0446. The fraction of sp³-hybridized carbons (Fsp3) is 1.00. The fourth-order valence-corrected chi connectivity index (χ4v) is 3.29. The maximum absolute atomic E-state index is 9.83. The molecule has 0 aromatic carbocycles. The van der Waals surface area contributed by atoms with E-state index in [1.165, 1.54) is 0 Å². The van der Waals surface area contributed by atoms with E-state index in [2.05, 4.69) is 20.8 Å². The minimum Gasteiger partial charge on any atom is -0.390 e. The van der Waals surface area contributed by atoms with Gasteiger partial charge < -0.3 is 10.2 Å². The SMILES string of the molecule is CC1(C)C2CCC1(C)[C@H](O)[C@@H]2O. The van der Waals surface area contributed by atoms with Crippen LogP contribution in [0.3, 0.4) is 0 Å². The van der Waals surface area contributed by atoms with E-state index >= 15 is 0 Å². The third-order valence-electron chi connectivity index (χ3n) is 4.76. The first-order valence-corrected chi connectivity index (χ1v) is 4.77. The average Bonchev–Trinajstić information content (AvgIpc) is 2.26. The molecule has 2 rings (SSSR count). The van der Waals surface area contributed by atoms with E-state index in [1.807, 2.05) is 0 Å². The monoisotopic (exact) mass is 170 g/mol. The molecular formula is C10H18O2. The summed E-state index contributed by atoms with van der Waals surface area (Å²) in [6, 6.07) is 0. The van der Waals surface area contributed by atoms with Gasteiger partial charge in [0.05, 0.1) is 12.2 Å². The molecule has 2 fully saturated rings. The van der Waals surface area contributed by atoms with Crippen molar-refractivity contribution in [2.24, 2.45) is 16.7 Å². The van der Waals surface area contributed by atoms with Gasteiger partial charge in [-0.15, -0.1) is 0 Å². The molecule has 12 heavy (non-hydrogen) atoms. The van der Waals surface area contributed by atoms with Gasteiger partial charge >= 0.3 is 0 Å². The van der Waals surface area contributed by atoms with Gasteiger partial charge in [-0.3, -0.25) is 0 Å². The number of aliphatic hydroxyl groups is 2. The number of fused-ring (bicyclic) bond motifs is 2. The molecule has 70 valence electrons. The third kappa shape index (κ3) is 0.647. The third-order valence-corrected chi connectivity index (χ3v) is 4.76. The highest BCUT2D eigenvalue weighted by Gasteiger charge is 2.65. The highest BCUT2D eigenvalue weighted by atomic mass is 16.3. The van der Waals surface area contributed by atoms with Crippen molar-refractivity contribution in [2.45, 2.75) is 45.8 Å². The zero-order chi connectivity index (χ0) is 9.15. The first kappa shape index (κ1) is 8.52. The first-order chi connectivity index (χ1) is 5.41. The Morgan fingerprint density at radius 3 is 2.00 bits per heavy atom. The van der Waals surface area contributed by atoms with Crippen LogP contribution >= 0.6 is 0 Å². The topological polar surface area (TPSA) is 40.5 Å². The molecule has 2 unspecified atom stereocenters. The summed E-state index contributed by atoms with van der Waals surface area (Å²) in [7, 11) is 0. The van der Waals surface area contributed by atoms with Crippen LogP contribution in [0.25, 0.3) is 0 Å². The van der Waals surface area contributed by atoms with Gasteiger partial charge in [0.25, 0.3) is 0 Å². The number of hydrogen-bond acceptors (Lipinski definition) is 2. The molecule has 2 nitrogen and oxygen atoms in total. The molecule has 4 atom stereocenters. The minimum atomic E-state index is -0.508. The van der Waals surface area contributed by atoms with Crippen molar-refractivity contribution >= 4 is 0 Å². The van der Waals surface area contributed by atoms with Gasteiger partial charge in [0.1, 0.15) is 0 Å². The Hall–Kier alpha value is -0.0800. The molecular weight excluding hydrogens is 152 g/mol. The summed E-state index contributed by atoms with van der Waals surface area (Å²) >= 11 is 0. The Morgan fingerprint density at radius 2 is 1.75 bits per heavy atom. The number of rotatable bonds is 0. The van der Waals surface area contributed by atoms with Gasteiger partial charge in [-0.2, -0.15) is 0 Å². The summed E-state index contributed by atoms with van der Waals surface area (Å²) in [4.78, 5) is 0. The van der Waals surface area contributed by atoms with Gasteiger partial charge in [-0.05, 0) is 24.2 Å². The second-order valence-electron chi connectivity index (χ2n) is 5.22. The second-order valence-corrected chi connectivity index (χ2v) is 5.22. The highest BCUT2D eigenvalue weighted by Crippen LogP contribution is 2.65. The van der Waals surface area contributed by atoms with Gasteiger partial charge in [-0.1, -0.05) is 20.8 Å². The van der Waals surface area contributed by atoms with Crippen molar-refractivity contribution in [2.75, 3.05) is 0 Å². The van der Waals surface area contributed by atoms with Gasteiger partial charge in [0, 0.05) is 5.41 Å². The van der Waals surface area contributed by atoms with Crippen molar-refractivity contribution < 1.29 is 10.2 Å². The maximum atomic E-state index is 9.83. The molecule has 0 aliphatic heterocycles. The summed E-state index contributed by atoms with van der Waals surface area (Å²) in [5, 5.41) is 19.6. The summed E-state index contributed by atoms with van der Waals surface area (Å²) in [6.07, 6.45) is 1.13. The minimum absolute atomic E-state index is 0.0584. The van der Waals surface area contributed by atoms with Crippen LogP contribution in [-0.2, 0) is 0 Å². The molecule has 0 aromatic heterocycles. The molecule has 2 N–H and O–H groups in total. The number of hydrogen-bond donors (Lipinski definition) is 2. The van der Waals surface area contributed by atoms with E-state index in [0.717, 1.165) is 12.8 Å². The van der Waals surface area contributed by atoms with E-state index in [-0.39, 0.29) is 10.8 Å². The van der Waals surface area contributed by atoms with Crippen LogP contribution in [0.15, 0.2) is 0 Å². The van der Waals surface area contributed by atoms with Crippen LogP contribution < -0.4 is 0 Å². The molecule has 0 spiro atoms. The Labute approximate surface area is 73.6 Å². The molecule has 2 aliphatic carbocycles. The van der Waals surface area contributed by atoms with Crippen LogP contribution in [0.5, 0.6) is 0 Å². The van der Waals surface area contributed by atoms with Crippen molar-refractivity contribution in [3.63, 3.8) is 0 Å². The van der Waals surface area contributed by atoms with E-state index < -0.39 is 12.2 Å². The molecule has 2 heteroatoms. The largest absolute Gasteiger partial charge is 0.390 e. The zero-order valence-electron chi connectivity index (χ0n) is 8.04. The quantitative estimate of drug-likeness (QED) is 0.573. The standard InChI is InChI=1S/C10H18O2/c1-9(2)6-4-5-10(9,3)8(12)7(6)11/h6-8,11-12H,4-5H2,1-3H3/t6?,7-,8-,10?/m1/s1. The Bertz CT molecular complexity index is 212. The lowest BCUT2D eigenvalue weighted by atomic mass is 9.70. The van der Waals surface area contributed by atoms with Crippen LogP contribution in [0.2, 0.25) is 0 Å². The summed E-state index contributed by atoms with van der Waals surface area (Å²) < 4.78 is 0. The highest BCUT2D eigenvalue weighted by molar-refractivity contribution is 5.14. The van der Waals surface area contributed by atoms with Crippen molar-refractivity contribution in [3.8, 4) is 0 Å². The van der Waals surface area contributed by atoms with Crippen molar-refractivity contribution in [1.29, 1.82) is 0 Å². The second kappa shape index (κ2) is 2.05. The van der Waals surface area contributed by atoms with Crippen LogP contribution in [0.1, 0.15) is 33.6 Å². The van der Waals surface area contributed by atoms with E-state index in [9.17, 15) is 10.2 Å². The summed E-state index contributed by atoms with van der Waals surface area (Å²) in [6.45, 7) is 6.45. The molecule has 0 radical (unpaired) electrons. The van der Waals surface area contributed by atoms with Crippen molar-refractivity contribution in [3.05, 3.63) is 0 Å². The Balaban J connectivity index is 2.44. The number of aliphatic hydroxyl groups excluding tert-OH is 2. The predicted molar refractivity (Wildman–Crippen MR) is 46.6 cm³/mol. The normalized spacial score (nSPS) is 56.2. The molecule has 2 bridgehead atoms. The molecule has 0 aromatic rings. The molecule has 0 heterocycles. The molecule has 2 aliphatic rings. The smallest absolute Gasteiger partial charge is 0.0860 e. The first-order valence-electron chi connectivity index (χ1n) is 4.77. The lowest BCUT2D eigenvalue weighted by molar-refractivity contribution is -0.0508. The predicted octanol–water partition coefficient (Wildman–Crippen LogP) is 1.16. The fourth-order valence-electron chi connectivity index (χ4n) is 3.29. The zero-order valence-corrected chi connectivity index (χ0v) is 8.04. The molecule has 0 saturated heterocycles. The lowest BCUT2D eigenvalue weighted by Gasteiger charge is -2.36.